The molecular weight excluding hydrogens is 477 g/mol. The van der Waals surface area contributed by atoms with Gasteiger partial charge in [0.1, 0.15) is 10.6 Å². The van der Waals surface area contributed by atoms with E-state index in [1.165, 1.54) is 17.5 Å². The molecule has 0 atom stereocenters. The summed E-state index contributed by atoms with van der Waals surface area (Å²) in [5.74, 6) is 0.290. The second kappa shape index (κ2) is 9.34. The molecule has 10 heteroatoms. The quantitative estimate of drug-likeness (QED) is 0.499. The Balaban J connectivity index is 1.42. The molecule has 2 aromatic carbocycles. The van der Waals surface area contributed by atoms with Crippen molar-refractivity contribution in [3.05, 3.63) is 69.1 Å². The van der Waals surface area contributed by atoms with Crippen LogP contribution in [0.1, 0.15) is 11.3 Å². The number of benzene rings is 2. The lowest BCUT2D eigenvalue weighted by Crippen LogP contribution is -2.48. The first kappa shape index (κ1) is 22.4. The zero-order valence-corrected chi connectivity index (χ0v) is 19.9. The van der Waals surface area contributed by atoms with Crippen LogP contribution in [-0.4, -0.2) is 51.0 Å². The molecule has 0 aliphatic carbocycles. The van der Waals surface area contributed by atoms with Crippen molar-refractivity contribution < 1.29 is 13.2 Å². The summed E-state index contributed by atoms with van der Waals surface area (Å²) in [6.07, 6.45) is 0.733. The highest BCUT2D eigenvalue weighted by Gasteiger charge is 2.31. The van der Waals surface area contributed by atoms with E-state index in [9.17, 15) is 8.42 Å². The van der Waals surface area contributed by atoms with Gasteiger partial charge in [0, 0.05) is 48.0 Å². The highest BCUT2D eigenvalue weighted by Crippen LogP contribution is 2.31. The van der Waals surface area contributed by atoms with Crippen LogP contribution in [-0.2, 0) is 16.4 Å². The van der Waals surface area contributed by atoms with E-state index in [0.29, 0.717) is 42.0 Å². The first-order valence-electron chi connectivity index (χ1n) is 9.64. The Morgan fingerprint density at radius 3 is 2.39 bits per heavy atom. The molecule has 1 fully saturated rings. The number of thiazole rings is 1. The van der Waals surface area contributed by atoms with Gasteiger partial charge in [-0.2, -0.15) is 4.31 Å². The molecule has 0 bridgehead atoms. The number of ether oxygens (including phenoxy) is 1. The van der Waals surface area contributed by atoms with Crippen molar-refractivity contribution in [1.82, 2.24) is 9.29 Å². The first-order chi connectivity index (χ1) is 14.9. The topological polar surface area (TPSA) is 62.7 Å². The van der Waals surface area contributed by atoms with Gasteiger partial charge in [-0.05, 0) is 35.9 Å². The molecule has 1 aliphatic heterocycles. The second-order valence-corrected chi connectivity index (χ2v) is 10.7. The number of hydrogen-bond donors (Lipinski definition) is 0. The zero-order valence-electron chi connectivity index (χ0n) is 16.8. The van der Waals surface area contributed by atoms with Crippen LogP contribution in [0, 0.1) is 0 Å². The van der Waals surface area contributed by atoms with Gasteiger partial charge in [0.05, 0.1) is 12.8 Å². The summed E-state index contributed by atoms with van der Waals surface area (Å²) in [5.41, 5.74) is 2.13. The van der Waals surface area contributed by atoms with Gasteiger partial charge in [-0.15, -0.1) is 11.3 Å². The van der Waals surface area contributed by atoms with Crippen LogP contribution in [0.15, 0.2) is 52.7 Å². The minimum atomic E-state index is -3.70. The number of hydrogen-bond acceptors (Lipinski definition) is 6. The summed E-state index contributed by atoms with van der Waals surface area (Å²) < 4.78 is 33.0. The van der Waals surface area contributed by atoms with Crippen molar-refractivity contribution in [2.45, 2.75) is 11.3 Å². The standard InChI is InChI=1S/C21H21Cl2N3O3S2/c1-29-19-7-6-17(23)13-20(19)31(27,28)26-10-8-25(9-11-26)21-24-18(14-30-21)12-15-2-4-16(22)5-3-15/h2-7,13-14H,8-12H2,1H3. The molecule has 0 saturated carbocycles. The molecule has 4 rings (SSSR count). The van der Waals surface area contributed by atoms with Crippen LogP contribution < -0.4 is 9.64 Å². The molecule has 2 heterocycles. The molecule has 0 spiro atoms. The van der Waals surface area contributed by atoms with Gasteiger partial charge >= 0.3 is 0 Å². The number of methoxy groups -OCH3 is 1. The number of aromatic nitrogens is 1. The predicted octanol–water partition coefficient (Wildman–Crippen LogP) is 4.56. The Kier molecular flexibility index (Phi) is 6.74. The van der Waals surface area contributed by atoms with E-state index in [0.717, 1.165) is 22.8 Å². The van der Waals surface area contributed by atoms with Gasteiger partial charge in [-0.25, -0.2) is 13.4 Å². The van der Waals surface area contributed by atoms with E-state index in [4.69, 9.17) is 32.9 Å². The van der Waals surface area contributed by atoms with Crippen LogP contribution >= 0.6 is 34.5 Å². The van der Waals surface area contributed by atoms with Gasteiger partial charge in [-0.3, -0.25) is 0 Å². The number of nitrogens with zero attached hydrogens (tertiary/aromatic N) is 3. The second-order valence-electron chi connectivity index (χ2n) is 7.11. The van der Waals surface area contributed by atoms with Crippen LogP contribution in [0.25, 0.3) is 0 Å². The SMILES string of the molecule is COc1ccc(Cl)cc1S(=O)(=O)N1CCN(c2nc(Cc3ccc(Cl)cc3)cs2)CC1. The zero-order chi connectivity index (χ0) is 22.0. The number of halogens is 2. The molecule has 1 aliphatic rings. The molecule has 164 valence electrons. The van der Waals surface area contributed by atoms with Crippen molar-refractivity contribution in [3.8, 4) is 5.75 Å². The van der Waals surface area contributed by atoms with Crippen LogP contribution in [0.5, 0.6) is 5.75 Å². The third-order valence-corrected chi connectivity index (χ3v) is 8.45. The van der Waals surface area contributed by atoms with Gasteiger partial charge in [0.15, 0.2) is 5.13 Å². The summed E-state index contributed by atoms with van der Waals surface area (Å²) in [4.78, 5) is 6.96. The largest absolute Gasteiger partial charge is 0.495 e. The minimum Gasteiger partial charge on any atom is -0.495 e. The summed E-state index contributed by atoms with van der Waals surface area (Å²) >= 11 is 13.6. The van der Waals surface area contributed by atoms with Gasteiger partial charge in [0.2, 0.25) is 10.0 Å². The van der Waals surface area contributed by atoms with Crippen LogP contribution in [0.3, 0.4) is 0 Å². The van der Waals surface area contributed by atoms with Crippen LogP contribution in [0.2, 0.25) is 10.0 Å². The normalized spacial score (nSPS) is 15.3. The van der Waals surface area contributed by atoms with E-state index in [1.807, 2.05) is 29.6 Å². The summed E-state index contributed by atoms with van der Waals surface area (Å²) in [6, 6.07) is 12.4. The van der Waals surface area contributed by atoms with Gasteiger partial charge in [0.25, 0.3) is 0 Å². The van der Waals surface area contributed by atoms with E-state index < -0.39 is 10.0 Å². The predicted molar refractivity (Wildman–Crippen MR) is 125 cm³/mol. The van der Waals surface area contributed by atoms with Crippen molar-refractivity contribution in [1.29, 1.82) is 0 Å². The Morgan fingerprint density at radius 1 is 1.03 bits per heavy atom. The lowest BCUT2D eigenvalue weighted by atomic mass is 10.1. The molecule has 0 radical (unpaired) electrons. The third-order valence-electron chi connectivity index (χ3n) is 5.09. The Hall–Kier alpha value is -1.84. The maximum atomic E-state index is 13.1. The fraction of sp³-hybridized carbons (Fsp3) is 0.286. The maximum Gasteiger partial charge on any atom is 0.246 e. The molecule has 0 amide bonds. The summed E-state index contributed by atoms with van der Waals surface area (Å²) in [7, 11) is -2.25. The number of rotatable bonds is 6. The minimum absolute atomic E-state index is 0.0930. The summed E-state index contributed by atoms with van der Waals surface area (Å²) in [6.45, 7) is 1.86. The lowest BCUT2D eigenvalue weighted by molar-refractivity contribution is 0.374. The average molecular weight is 498 g/mol. The van der Waals surface area contributed by atoms with Crippen molar-refractivity contribution >= 4 is 49.7 Å². The fourth-order valence-electron chi connectivity index (χ4n) is 3.45. The molecule has 31 heavy (non-hydrogen) atoms. The van der Waals surface area contributed by atoms with E-state index >= 15 is 0 Å². The maximum absolute atomic E-state index is 13.1. The smallest absolute Gasteiger partial charge is 0.246 e. The Morgan fingerprint density at radius 2 is 1.71 bits per heavy atom. The van der Waals surface area contributed by atoms with Crippen LogP contribution in [0.4, 0.5) is 5.13 Å². The van der Waals surface area contributed by atoms with E-state index in [-0.39, 0.29) is 4.90 Å². The molecule has 0 N–H and O–H groups in total. The average Bonchev–Trinajstić information content (AvgIpc) is 3.24. The monoisotopic (exact) mass is 497 g/mol. The Labute approximate surface area is 196 Å². The molecule has 1 aromatic heterocycles. The van der Waals surface area contributed by atoms with Crippen molar-refractivity contribution in [2.24, 2.45) is 0 Å². The van der Waals surface area contributed by atoms with E-state index in [1.54, 1.807) is 23.5 Å². The fourth-order valence-corrected chi connectivity index (χ4v) is 6.29. The molecule has 1 saturated heterocycles. The molecule has 0 unspecified atom stereocenters. The molecular formula is C21H21Cl2N3O3S2. The highest BCUT2D eigenvalue weighted by molar-refractivity contribution is 7.89. The number of anilines is 1. The first-order valence-corrected chi connectivity index (χ1v) is 12.7. The van der Waals surface area contributed by atoms with E-state index in [2.05, 4.69) is 4.90 Å². The number of sulfonamides is 1. The third kappa shape index (κ3) is 4.99. The lowest BCUT2D eigenvalue weighted by Gasteiger charge is -2.34. The van der Waals surface area contributed by atoms with Crippen molar-refractivity contribution in [2.75, 3.05) is 38.2 Å². The summed E-state index contributed by atoms with van der Waals surface area (Å²) in [5, 5.41) is 4.02. The van der Waals surface area contributed by atoms with Gasteiger partial charge < -0.3 is 9.64 Å². The number of piperazine rings is 1. The van der Waals surface area contributed by atoms with Gasteiger partial charge in [-0.1, -0.05) is 35.3 Å². The molecule has 3 aromatic rings. The Bertz CT molecular complexity index is 1160. The van der Waals surface area contributed by atoms with Crippen molar-refractivity contribution in [3.63, 3.8) is 0 Å². The highest BCUT2D eigenvalue weighted by atomic mass is 35.5. The molecule has 6 nitrogen and oxygen atoms in total.